The second kappa shape index (κ2) is 4.74. The van der Waals surface area contributed by atoms with Crippen molar-refractivity contribution in [3.8, 4) is 0 Å². The van der Waals surface area contributed by atoms with E-state index < -0.39 is 5.91 Å². The van der Waals surface area contributed by atoms with Crippen LogP contribution < -0.4 is 5.73 Å². The summed E-state index contributed by atoms with van der Waals surface area (Å²) in [4.78, 5) is 20.2. The topological polar surface area (TPSA) is 77.6 Å². The number of oxime groups is 1. The summed E-state index contributed by atoms with van der Waals surface area (Å²) in [6, 6.07) is 5.52. The second-order valence-electron chi connectivity index (χ2n) is 3.71. The van der Waals surface area contributed by atoms with Crippen molar-refractivity contribution in [3.63, 3.8) is 0 Å². The van der Waals surface area contributed by atoms with Gasteiger partial charge < -0.3 is 10.6 Å². The number of carbonyl (C=O) groups excluding carboxylic acids is 1. The quantitative estimate of drug-likeness (QED) is 0.589. The summed E-state index contributed by atoms with van der Waals surface area (Å²) >= 11 is 0. The van der Waals surface area contributed by atoms with Gasteiger partial charge in [-0.2, -0.15) is 0 Å². The molecule has 1 aliphatic carbocycles. The molecular weight excluding hydrogens is 206 g/mol. The lowest BCUT2D eigenvalue weighted by Crippen LogP contribution is -2.25. The van der Waals surface area contributed by atoms with Crippen LogP contribution in [-0.4, -0.2) is 16.6 Å². The van der Waals surface area contributed by atoms with Crippen LogP contribution in [0.1, 0.15) is 18.5 Å². The molecular formula is C11H13N3O2. The monoisotopic (exact) mass is 219 g/mol. The Labute approximate surface area is 93.3 Å². The van der Waals surface area contributed by atoms with Crippen LogP contribution in [-0.2, 0) is 16.2 Å². The van der Waals surface area contributed by atoms with E-state index in [9.17, 15) is 4.79 Å². The minimum atomic E-state index is -0.497. The van der Waals surface area contributed by atoms with E-state index in [-0.39, 0.29) is 12.5 Å². The minimum absolute atomic E-state index is 0.196. The Morgan fingerprint density at radius 2 is 2.38 bits per heavy atom. The van der Waals surface area contributed by atoms with Gasteiger partial charge in [-0.15, -0.1) is 0 Å². The minimum Gasteiger partial charge on any atom is -0.389 e. The molecule has 0 radical (unpaired) electrons. The smallest absolute Gasteiger partial charge is 0.266 e. The first-order valence-electron chi connectivity index (χ1n) is 5.17. The number of carbonyl (C=O) groups is 1. The average Bonchev–Trinajstić information content (AvgIpc) is 3.09. The zero-order valence-corrected chi connectivity index (χ0v) is 8.80. The Morgan fingerprint density at radius 1 is 1.56 bits per heavy atom. The van der Waals surface area contributed by atoms with Crippen LogP contribution in [0.15, 0.2) is 29.6 Å². The van der Waals surface area contributed by atoms with Crippen molar-refractivity contribution in [1.82, 2.24) is 4.98 Å². The van der Waals surface area contributed by atoms with Gasteiger partial charge in [0.25, 0.3) is 5.91 Å². The SMILES string of the molecule is NC(=O)C(=NOCc1ccccn1)C1CC1. The lowest BCUT2D eigenvalue weighted by Gasteiger charge is -2.01. The van der Waals surface area contributed by atoms with E-state index in [4.69, 9.17) is 10.6 Å². The maximum absolute atomic E-state index is 11.0. The summed E-state index contributed by atoms with van der Waals surface area (Å²) < 4.78 is 0. The molecule has 1 aliphatic rings. The van der Waals surface area contributed by atoms with Crippen LogP contribution in [0.25, 0.3) is 0 Å². The number of primary amides is 1. The molecule has 5 heteroatoms. The van der Waals surface area contributed by atoms with Gasteiger partial charge in [-0.3, -0.25) is 9.78 Å². The molecule has 2 N–H and O–H groups in total. The van der Waals surface area contributed by atoms with E-state index in [1.807, 2.05) is 18.2 Å². The van der Waals surface area contributed by atoms with E-state index in [2.05, 4.69) is 10.1 Å². The summed E-state index contributed by atoms with van der Waals surface area (Å²) in [5.74, 6) is -0.301. The van der Waals surface area contributed by atoms with Crippen LogP contribution in [0, 0.1) is 5.92 Å². The summed E-state index contributed by atoms with van der Waals surface area (Å²) in [7, 11) is 0. The second-order valence-corrected chi connectivity index (χ2v) is 3.71. The Morgan fingerprint density at radius 3 is 2.94 bits per heavy atom. The van der Waals surface area contributed by atoms with E-state index in [0.29, 0.717) is 5.71 Å². The summed E-state index contributed by atoms with van der Waals surface area (Å²) in [5.41, 5.74) is 6.30. The average molecular weight is 219 g/mol. The fourth-order valence-corrected chi connectivity index (χ4v) is 1.33. The first-order chi connectivity index (χ1) is 7.77. The van der Waals surface area contributed by atoms with Crippen molar-refractivity contribution < 1.29 is 9.63 Å². The number of pyridine rings is 1. The van der Waals surface area contributed by atoms with Crippen LogP contribution in [0.5, 0.6) is 0 Å². The first-order valence-corrected chi connectivity index (χ1v) is 5.17. The zero-order chi connectivity index (χ0) is 11.4. The first kappa shape index (κ1) is 10.6. The van der Waals surface area contributed by atoms with Crippen molar-refractivity contribution >= 4 is 11.6 Å². The highest BCUT2D eigenvalue weighted by Gasteiger charge is 2.31. The summed E-state index contributed by atoms with van der Waals surface area (Å²) in [6.45, 7) is 0.254. The molecule has 0 aromatic carbocycles. The number of nitrogens with two attached hydrogens (primary N) is 1. The fourth-order valence-electron chi connectivity index (χ4n) is 1.33. The largest absolute Gasteiger partial charge is 0.389 e. The van der Waals surface area contributed by atoms with Crippen molar-refractivity contribution in [1.29, 1.82) is 0 Å². The molecule has 1 saturated carbocycles. The fraction of sp³-hybridized carbons (Fsp3) is 0.364. The zero-order valence-electron chi connectivity index (χ0n) is 8.80. The van der Waals surface area contributed by atoms with Gasteiger partial charge in [-0.05, 0) is 25.0 Å². The summed E-state index contributed by atoms with van der Waals surface area (Å²) in [5, 5.41) is 3.78. The number of hydrogen-bond donors (Lipinski definition) is 1. The highest BCUT2D eigenvalue weighted by molar-refractivity contribution is 6.39. The van der Waals surface area contributed by atoms with Gasteiger partial charge in [0.15, 0.2) is 6.61 Å². The predicted molar refractivity (Wildman–Crippen MR) is 58.4 cm³/mol. The van der Waals surface area contributed by atoms with Crippen molar-refractivity contribution in [2.75, 3.05) is 0 Å². The van der Waals surface area contributed by atoms with Crippen molar-refractivity contribution in [2.45, 2.75) is 19.4 Å². The van der Waals surface area contributed by atoms with E-state index in [1.165, 1.54) is 0 Å². The number of nitrogens with zero attached hydrogens (tertiary/aromatic N) is 2. The molecule has 1 fully saturated rings. The van der Waals surface area contributed by atoms with E-state index >= 15 is 0 Å². The Balaban J connectivity index is 1.90. The van der Waals surface area contributed by atoms with Crippen molar-refractivity contribution in [2.24, 2.45) is 16.8 Å². The summed E-state index contributed by atoms with van der Waals surface area (Å²) in [6.07, 6.45) is 3.61. The maximum atomic E-state index is 11.0. The van der Waals surface area contributed by atoms with Crippen LogP contribution in [0.4, 0.5) is 0 Å². The molecule has 84 valence electrons. The maximum Gasteiger partial charge on any atom is 0.266 e. The predicted octanol–water partition coefficient (Wildman–Crippen LogP) is 0.849. The molecule has 0 bridgehead atoms. The van der Waals surface area contributed by atoms with Gasteiger partial charge in [0, 0.05) is 12.1 Å². The van der Waals surface area contributed by atoms with E-state index in [0.717, 1.165) is 18.5 Å². The molecule has 1 aromatic rings. The molecule has 0 unspecified atom stereocenters. The Hall–Kier alpha value is -1.91. The number of hydrogen-bond acceptors (Lipinski definition) is 4. The third-order valence-electron chi connectivity index (χ3n) is 2.32. The van der Waals surface area contributed by atoms with Gasteiger partial charge >= 0.3 is 0 Å². The Bertz CT molecular complexity index is 399. The molecule has 0 spiro atoms. The van der Waals surface area contributed by atoms with Crippen molar-refractivity contribution in [3.05, 3.63) is 30.1 Å². The van der Waals surface area contributed by atoms with Crippen LogP contribution in [0.2, 0.25) is 0 Å². The lowest BCUT2D eigenvalue weighted by atomic mass is 10.2. The lowest BCUT2D eigenvalue weighted by molar-refractivity contribution is -0.112. The standard InChI is InChI=1S/C11H13N3O2/c12-11(15)10(8-4-5-8)14-16-7-9-3-1-2-6-13-9/h1-3,6,8H,4-5,7H2,(H2,12,15). The number of aromatic nitrogens is 1. The van der Waals surface area contributed by atoms with Gasteiger partial charge in [0.1, 0.15) is 5.71 Å². The van der Waals surface area contributed by atoms with Gasteiger partial charge in [0.05, 0.1) is 5.69 Å². The highest BCUT2D eigenvalue weighted by atomic mass is 16.6. The molecule has 1 amide bonds. The van der Waals surface area contributed by atoms with Gasteiger partial charge in [-0.1, -0.05) is 11.2 Å². The van der Waals surface area contributed by atoms with Crippen LogP contribution in [0.3, 0.4) is 0 Å². The molecule has 0 aliphatic heterocycles. The van der Waals surface area contributed by atoms with Crippen LogP contribution >= 0.6 is 0 Å². The molecule has 16 heavy (non-hydrogen) atoms. The molecule has 0 atom stereocenters. The number of amides is 1. The van der Waals surface area contributed by atoms with E-state index in [1.54, 1.807) is 6.20 Å². The van der Waals surface area contributed by atoms with Gasteiger partial charge in [0.2, 0.25) is 0 Å². The molecule has 0 saturated heterocycles. The van der Waals surface area contributed by atoms with Gasteiger partial charge in [-0.25, -0.2) is 0 Å². The Kier molecular flexibility index (Phi) is 3.14. The third-order valence-corrected chi connectivity index (χ3v) is 2.32. The molecule has 1 heterocycles. The normalized spacial score (nSPS) is 15.9. The molecule has 5 nitrogen and oxygen atoms in total. The molecule has 1 aromatic heterocycles. The number of rotatable bonds is 5. The highest BCUT2D eigenvalue weighted by Crippen LogP contribution is 2.30. The third kappa shape index (κ3) is 2.79. The molecule has 2 rings (SSSR count).